The van der Waals surface area contributed by atoms with Crippen molar-refractivity contribution in [1.82, 2.24) is 10.6 Å². The summed E-state index contributed by atoms with van der Waals surface area (Å²) in [6.07, 6.45) is 8.17. The van der Waals surface area contributed by atoms with E-state index >= 15 is 0 Å². The molecule has 0 radical (unpaired) electrons. The van der Waals surface area contributed by atoms with Crippen LogP contribution in [0.1, 0.15) is 52.4 Å². The number of imide groups is 1. The van der Waals surface area contributed by atoms with Crippen LogP contribution in [-0.4, -0.2) is 24.0 Å². The molecule has 4 aliphatic carbocycles. The summed E-state index contributed by atoms with van der Waals surface area (Å²) in [6, 6.07) is -0.865. The van der Waals surface area contributed by atoms with E-state index in [1.807, 2.05) is 0 Å². The van der Waals surface area contributed by atoms with Gasteiger partial charge in [-0.05, 0) is 75.5 Å². The monoisotopic (exact) mass is 293 g/mol. The second kappa shape index (κ2) is 5.27. The van der Waals surface area contributed by atoms with E-state index in [9.17, 15) is 9.59 Å². The highest BCUT2D eigenvalue weighted by molar-refractivity contribution is 5.96. The van der Waals surface area contributed by atoms with Crippen LogP contribution in [0.15, 0.2) is 0 Å². The Bertz CT molecular complexity index is 414. The van der Waals surface area contributed by atoms with Crippen molar-refractivity contribution in [3.05, 3.63) is 0 Å². The van der Waals surface area contributed by atoms with Crippen molar-refractivity contribution in [2.24, 2.45) is 28.9 Å². The first kappa shape index (κ1) is 14.8. The molecule has 118 valence electrons. The molecule has 4 aliphatic rings. The summed E-state index contributed by atoms with van der Waals surface area (Å²) in [5.74, 6) is 2.36. The fraction of sp³-hybridized carbons (Fsp3) is 0.875. The van der Waals surface area contributed by atoms with Crippen molar-refractivity contribution < 1.29 is 9.59 Å². The molecule has 4 N–H and O–H groups in total. The summed E-state index contributed by atoms with van der Waals surface area (Å²) < 4.78 is 0. The highest BCUT2D eigenvalue weighted by atomic mass is 16.2. The summed E-state index contributed by atoms with van der Waals surface area (Å²) in [5.41, 5.74) is 5.37. The second-order valence-electron chi connectivity index (χ2n) is 7.74. The minimum atomic E-state index is -0.781. The highest BCUT2D eigenvalue weighted by Crippen LogP contribution is 2.61. The number of carbonyl (C=O) groups excluding carboxylic acids is 2. The Hall–Kier alpha value is -1.10. The Balaban J connectivity index is 1.64. The van der Waals surface area contributed by atoms with Crippen molar-refractivity contribution in [2.45, 2.75) is 64.5 Å². The molecule has 0 saturated heterocycles. The molecule has 4 bridgehead atoms. The summed E-state index contributed by atoms with van der Waals surface area (Å²) in [7, 11) is 0. The van der Waals surface area contributed by atoms with Gasteiger partial charge in [0.25, 0.3) is 0 Å². The topological polar surface area (TPSA) is 84.2 Å². The van der Waals surface area contributed by atoms with Crippen LogP contribution in [-0.2, 0) is 4.79 Å². The first-order valence-electron chi connectivity index (χ1n) is 8.24. The van der Waals surface area contributed by atoms with Gasteiger partial charge in [0.1, 0.15) is 0 Å². The van der Waals surface area contributed by atoms with E-state index in [0.717, 1.165) is 17.8 Å². The van der Waals surface area contributed by atoms with Crippen LogP contribution in [0.25, 0.3) is 0 Å². The van der Waals surface area contributed by atoms with Crippen LogP contribution in [0, 0.1) is 23.2 Å². The van der Waals surface area contributed by atoms with Gasteiger partial charge in [-0.25, -0.2) is 4.79 Å². The Labute approximate surface area is 126 Å². The molecule has 0 aromatic carbocycles. The van der Waals surface area contributed by atoms with Crippen molar-refractivity contribution in [2.75, 3.05) is 0 Å². The number of hydrogen-bond donors (Lipinski definition) is 3. The van der Waals surface area contributed by atoms with E-state index in [1.165, 1.54) is 38.5 Å². The highest BCUT2D eigenvalue weighted by Gasteiger charge is 2.53. The normalized spacial score (nSPS) is 39.8. The molecule has 0 unspecified atom stereocenters. The third-order valence-electron chi connectivity index (χ3n) is 6.14. The minimum absolute atomic E-state index is 0.305. The number of nitrogens with two attached hydrogens (primary N) is 1. The van der Waals surface area contributed by atoms with Gasteiger partial charge < -0.3 is 11.1 Å². The van der Waals surface area contributed by atoms with Crippen LogP contribution in [0.2, 0.25) is 0 Å². The molecule has 0 aromatic rings. The number of nitrogens with one attached hydrogen (secondary N) is 2. The molecule has 0 spiro atoms. The fourth-order valence-corrected chi connectivity index (χ4v) is 5.57. The standard InChI is InChI=1S/C16H27N3O2/c1-9(14(20)19-15(17)21)18-10(2)16-6-11-3-12(7-16)5-13(4-11)8-16/h9-13,18H,3-8H2,1-2H3,(H3,17,19,20,21)/t9-,10-,11?,12?,13?,16?/m1/s1. The van der Waals surface area contributed by atoms with Crippen molar-refractivity contribution >= 4 is 11.9 Å². The summed E-state index contributed by atoms with van der Waals surface area (Å²) >= 11 is 0. The second-order valence-corrected chi connectivity index (χ2v) is 7.74. The van der Waals surface area contributed by atoms with Crippen LogP contribution < -0.4 is 16.4 Å². The van der Waals surface area contributed by atoms with Crippen LogP contribution in [0.3, 0.4) is 0 Å². The average Bonchev–Trinajstić information content (AvgIpc) is 2.35. The molecular weight excluding hydrogens is 266 g/mol. The molecule has 4 saturated carbocycles. The summed E-state index contributed by atoms with van der Waals surface area (Å²) in [4.78, 5) is 22.6. The lowest BCUT2D eigenvalue weighted by Gasteiger charge is -2.59. The lowest BCUT2D eigenvalue weighted by atomic mass is 9.48. The Kier molecular flexibility index (Phi) is 3.72. The number of rotatable bonds is 4. The molecule has 21 heavy (non-hydrogen) atoms. The molecule has 0 aliphatic heterocycles. The SMILES string of the molecule is C[C@@H](N[C@H](C)C12CC3CC(CC(C3)C1)C2)C(=O)NC(N)=O. The van der Waals surface area contributed by atoms with E-state index in [2.05, 4.69) is 17.6 Å². The van der Waals surface area contributed by atoms with Crippen molar-refractivity contribution in [3.63, 3.8) is 0 Å². The maximum Gasteiger partial charge on any atom is 0.318 e. The Morgan fingerprint density at radius 1 is 1.05 bits per heavy atom. The molecule has 5 heteroatoms. The van der Waals surface area contributed by atoms with Gasteiger partial charge in [-0.15, -0.1) is 0 Å². The van der Waals surface area contributed by atoms with Gasteiger partial charge in [-0.1, -0.05) is 0 Å². The molecule has 4 fully saturated rings. The zero-order valence-corrected chi connectivity index (χ0v) is 13.0. The van der Waals surface area contributed by atoms with Crippen LogP contribution >= 0.6 is 0 Å². The molecule has 2 atom stereocenters. The minimum Gasteiger partial charge on any atom is -0.351 e. The smallest absolute Gasteiger partial charge is 0.318 e. The van der Waals surface area contributed by atoms with Gasteiger partial charge >= 0.3 is 6.03 Å². The molecule has 5 nitrogen and oxygen atoms in total. The Morgan fingerprint density at radius 2 is 1.52 bits per heavy atom. The van der Waals surface area contributed by atoms with E-state index in [4.69, 9.17) is 5.73 Å². The fourth-order valence-electron chi connectivity index (χ4n) is 5.57. The predicted octanol–water partition coefficient (Wildman–Crippen LogP) is 1.76. The van der Waals surface area contributed by atoms with Crippen LogP contribution in [0.4, 0.5) is 4.79 Å². The molecule has 0 aromatic heterocycles. The zero-order chi connectivity index (χ0) is 15.2. The molecular formula is C16H27N3O2. The number of carbonyl (C=O) groups is 2. The van der Waals surface area contributed by atoms with Gasteiger partial charge in [-0.2, -0.15) is 0 Å². The van der Waals surface area contributed by atoms with Gasteiger partial charge in [-0.3, -0.25) is 10.1 Å². The lowest BCUT2D eigenvalue weighted by Crippen LogP contribution is -2.58. The number of urea groups is 1. The van der Waals surface area contributed by atoms with Crippen LogP contribution in [0.5, 0.6) is 0 Å². The van der Waals surface area contributed by atoms with Gasteiger partial charge in [0.2, 0.25) is 5.91 Å². The molecule has 0 heterocycles. The maximum atomic E-state index is 11.8. The third-order valence-corrected chi connectivity index (χ3v) is 6.14. The van der Waals surface area contributed by atoms with E-state index in [0.29, 0.717) is 11.5 Å². The quantitative estimate of drug-likeness (QED) is 0.738. The zero-order valence-electron chi connectivity index (χ0n) is 13.0. The third kappa shape index (κ3) is 2.80. The first-order chi connectivity index (χ1) is 9.88. The Morgan fingerprint density at radius 3 is 1.95 bits per heavy atom. The van der Waals surface area contributed by atoms with Gasteiger partial charge in [0.15, 0.2) is 0 Å². The largest absolute Gasteiger partial charge is 0.351 e. The van der Waals surface area contributed by atoms with Crippen molar-refractivity contribution in [1.29, 1.82) is 0 Å². The van der Waals surface area contributed by atoms with Crippen molar-refractivity contribution in [3.8, 4) is 0 Å². The summed E-state index contributed by atoms with van der Waals surface area (Å²) in [5, 5.41) is 5.58. The molecule has 3 amide bonds. The van der Waals surface area contributed by atoms with E-state index in [-0.39, 0.29) is 11.9 Å². The van der Waals surface area contributed by atoms with E-state index < -0.39 is 6.03 Å². The number of hydrogen-bond acceptors (Lipinski definition) is 3. The summed E-state index contributed by atoms with van der Waals surface area (Å²) in [6.45, 7) is 4.01. The predicted molar refractivity (Wildman–Crippen MR) is 80.4 cm³/mol. The average molecular weight is 293 g/mol. The number of primary amides is 1. The van der Waals surface area contributed by atoms with E-state index in [1.54, 1.807) is 6.92 Å². The molecule has 4 rings (SSSR count). The maximum absolute atomic E-state index is 11.8. The van der Waals surface area contributed by atoms with Gasteiger partial charge in [0, 0.05) is 6.04 Å². The first-order valence-corrected chi connectivity index (χ1v) is 8.24. The lowest BCUT2D eigenvalue weighted by molar-refractivity contribution is -0.122. The number of amides is 3. The van der Waals surface area contributed by atoms with Gasteiger partial charge in [0.05, 0.1) is 6.04 Å².